The summed E-state index contributed by atoms with van der Waals surface area (Å²) in [5, 5.41) is 10.2. The molecule has 1 aliphatic rings. The summed E-state index contributed by atoms with van der Waals surface area (Å²) < 4.78 is 0. The minimum atomic E-state index is -1.03. The van der Waals surface area contributed by atoms with Gasteiger partial charge >= 0.3 is 5.97 Å². The first-order valence-electron chi connectivity index (χ1n) is 8.36. The number of pyridine rings is 1. The number of anilines is 1. The molecule has 0 aliphatic carbocycles. The van der Waals surface area contributed by atoms with Crippen molar-refractivity contribution < 1.29 is 9.90 Å². The van der Waals surface area contributed by atoms with Crippen molar-refractivity contribution in [3.63, 3.8) is 0 Å². The van der Waals surface area contributed by atoms with Gasteiger partial charge in [-0.1, -0.05) is 25.4 Å². The number of likely N-dealkylation sites (N-methyl/N-ethyl adjacent to an activating group) is 1. The SMILES string of the molecule is CCN(CC)C1CCN(c2ccc3c(C(=O)O)c(Cl)ccc3n2)C1. The second-order valence-electron chi connectivity index (χ2n) is 6.07. The lowest BCUT2D eigenvalue weighted by Gasteiger charge is -2.26. The number of aromatic nitrogens is 1. The Kier molecular flexibility index (Phi) is 4.92. The van der Waals surface area contributed by atoms with Crippen LogP contribution in [0.1, 0.15) is 30.6 Å². The summed E-state index contributed by atoms with van der Waals surface area (Å²) in [5.41, 5.74) is 0.788. The Labute approximate surface area is 146 Å². The number of nitrogens with zero attached hydrogens (tertiary/aromatic N) is 3. The smallest absolute Gasteiger partial charge is 0.337 e. The number of rotatable bonds is 5. The number of carbonyl (C=O) groups is 1. The zero-order valence-electron chi connectivity index (χ0n) is 14.0. The summed E-state index contributed by atoms with van der Waals surface area (Å²) in [6.45, 7) is 8.43. The molecule has 5 nitrogen and oxygen atoms in total. The first-order chi connectivity index (χ1) is 11.5. The van der Waals surface area contributed by atoms with Crippen LogP contribution in [0.2, 0.25) is 5.02 Å². The predicted octanol–water partition coefficient (Wildman–Crippen LogP) is 3.51. The molecule has 1 atom stereocenters. The third kappa shape index (κ3) is 3.06. The summed E-state index contributed by atoms with van der Waals surface area (Å²) in [4.78, 5) is 20.9. The lowest BCUT2D eigenvalue weighted by Crippen LogP contribution is -2.37. The summed E-state index contributed by atoms with van der Waals surface area (Å²) in [7, 11) is 0. The average Bonchev–Trinajstić information content (AvgIpc) is 3.05. The molecule has 1 unspecified atom stereocenters. The molecular weight excluding hydrogens is 326 g/mol. The van der Waals surface area contributed by atoms with Crippen molar-refractivity contribution in [2.75, 3.05) is 31.1 Å². The largest absolute Gasteiger partial charge is 0.478 e. The highest BCUT2D eigenvalue weighted by atomic mass is 35.5. The molecular formula is C18H22ClN3O2. The van der Waals surface area contributed by atoms with Gasteiger partial charge in [-0.2, -0.15) is 0 Å². The minimum Gasteiger partial charge on any atom is -0.478 e. The zero-order chi connectivity index (χ0) is 17.3. The Morgan fingerprint density at radius 1 is 1.33 bits per heavy atom. The van der Waals surface area contributed by atoms with Gasteiger partial charge in [-0.25, -0.2) is 9.78 Å². The Balaban J connectivity index is 1.90. The molecule has 0 bridgehead atoms. The van der Waals surface area contributed by atoms with Crippen LogP contribution in [0.15, 0.2) is 24.3 Å². The van der Waals surface area contributed by atoms with Crippen LogP contribution >= 0.6 is 11.6 Å². The number of hydrogen-bond donors (Lipinski definition) is 1. The fourth-order valence-corrected chi connectivity index (χ4v) is 3.79. The Hall–Kier alpha value is -1.85. The van der Waals surface area contributed by atoms with E-state index in [1.807, 2.05) is 12.1 Å². The topological polar surface area (TPSA) is 56.7 Å². The molecule has 1 aromatic carbocycles. The summed E-state index contributed by atoms with van der Waals surface area (Å²) in [6.07, 6.45) is 1.13. The maximum Gasteiger partial charge on any atom is 0.337 e. The van der Waals surface area contributed by atoms with Gasteiger partial charge in [-0.3, -0.25) is 4.90 Å². The van der Waals surface area contributed by atoms with Crippen molar-refractivity contribution in [2.45, 2.75) is 26.3 Å². The molecule has 0 radical (unpaired) electrons. The zero-order valence-corrected chi connectivity index (χ0v) is 14.8. The summed E-state index contributed by atoms with van der Waals surface area (Å²) >= 11 is 6.03. The van der Waals surface area contributed by atoms with E-state index in [0.717, 1.165) is 38.4 Å². The standard InChI is InChI=1S/C18H22ClN3O2/c1-3-21(4-2)12-9-10-22(11-12)16-8-5-13-15(20-16)7-6-14(19)17(13)18(23)24/h5-8,12H,3-4,9-11H2,1-2H3,(H,23,24). The van der Waals surface area contributed by atoms with Crippen LogP contribution in [-0.4, -0.2) is 53.2 Å². The van der Waals surface area contributed by atoms with Gasteiger partial charge < -0.3 is 10.0 Å². The van der Waals surface area contributed by atoms with Gasteiger partial charge in [0.15, 0.2) is 0 Å². The van der Waals surface area contributed by atoms with Crippen LogP contribution < -0.4 is 4.90 Å². The van der Waals surface area contributed by atoms with Crippen LogP contribution in [0.5, 0.6) is 0 Å². The molecule has 1 aromatic heterocycles. The van der Waals surface area contributed by atoms with Gasteiger partial charge in [0.2, 0.25) is 0 Å². The van der Waals surface area contributed by atoms with Crippen molar-refractivity contribution in [1.29, 1.82) is 0 Å². The Morgan fingerprint density at radius 2 is 2.08 bits per heavy atom. The third-order valence-electron chi connectivity index (χ3n) is 4.84. The molecule has 128 valence electrons. The molecule has 1 N–H and O–H groups in total. The van der Waals surface area contributed by atoms with Crippen LogP contribution in [0.25, 0.3) is 10.9 Å². The first-order valence-corrected chi connectivity index (χ1v) is 8.74. The molecule has 2 heterocycles. The molecule has 3 rings (SSSR count). The van der Waals surface area contributed by atoms with E-state index in [9.17, 15) is 9.90 Å². The lowest BCUT2D eigenvalue weighted by atomic mass is 10.1. The number of halogens is 1. The maximum absolute atomic E-state index is 11.4. The number of benzene rings is 1. The fourth-order valence-electron chi connectivity index (χ4n) is 3.55. The van der Waals surface area contributed by atoms with Crippen LogP contribution in [0.3, 0.4) is 0 Å². The molecule has 1 saturated heterocycles. The average molecular weight is 348 g/mol. The number of aromatic carboxylic acids is 1. The van der Waals surface area contributed by atoms with Crippen LogP contribution in [0.4, 0.5) is 5.82 Å². The van der Waals surface area contributed by atoms with Gasteiger partial charge in [0, 0.05) is 24.5 Å². The van der Waals surface area contributed by atoms with Crippen molar-refractivity contribution in [3.8, 4) is 0 Å². The lowest BCUT2D eigenvalue weighted by molar-refractivity contribution is 0.0699. The number of carboxylic acids is 1. The highest BCUT2D eigenvalue weighted by molar-refractivity contribution is 6.35. The van der Waals surface area contributed by atoms with E-state index < -0.39 is 5.97 Å². The normalized spacial score (nSPS) is 17.8. The molecule has 24 heavy (non-hydrogen) atoms. The summed E-state index contributed by atoms with van der Waals surface area (Å²) in [5.74, 6) is -0.126. The van der Waals surface area contributed by atoms with Gasteiger partial charge in [-0.15, -0.1) is 0 Å². The second-order valence-corrected chi connectivity index (χ2v) is 6.48. The van der Waals surface area contributed by atoms with E-state index in [-0.39, 0.29) is 10.6 Å². The van der Waals surface area contributed by atoms with Crippen molar-refractivity contribution in [3.05, 3.63) is 34.9 Å². The molecule has 1 fully saturated rings. The van der Waals surface area contributed by atoms with Crippen molar-refractivity contribution >= 4 is 34.3 Å². The maximum atomic E-state index is 11.4. The number of fused-ring (bicyclic) bond motifs is 1. The molecule has 0 amide bonds. The third-order valence-corrected chi connectivity index (χ3v) is 5.15. The van der Waals surface area contributed by atoms with Gasteiger partial charge in [0.1, 0.15) is 5.82 Å². The Bertz CT molecular complexity index is 761. The molecule has 2 aromatic rings. The van der Waals surface area contributed by atoms with E-state index in [2.05, 4.69) is 28.6 Å². The quantitative estimate of drug-likeness (QED) is 0.897. The van der Waals surface area contributed by atoms with Gasteiger partial charge in [0.25, 0.3) is 0 Å². The molecule has 0 saturated carbocycles. The van der Waals surface area contributed by atoms with E-state index in [1.165, 1.54) is 0 Å². The highest BCUT2D eigenvalue weighted by Crippen LogP contribution is 2.28. The predicted molar refractivity (Wildman–Crippen MR) is 97.3 cm³/mol. The van der Waals surface area contributed by atoms with E-state index in [4.69, 9.17) is 11.6 Å². The summed E-state index contributed by atoms with van der Waals surface area (Å²) in [6, 6.07) is 7.66. The molecule has 6 heteroatoms. The number of carboxylic acid groups (broad SMARTS) is 1. The van der Waals surface area contributed by atoms with E-state index in [0.29, 0.717) is 16.9 Å². The van der Waals surface area contributed by atoms with Crippen LogP contribution in [-0.2, 0) is 0 Å². The minimum absolute atomic E-state index is 0.121. The van der Waals surface area contributed by atoms with E-state index in [1.54, 1.807) is 12.1 Å². The van der Waals surface area contributed by atoms with Gasteiger partial charge in [0.05, 0.1) is 16.1 Å². The second kappa shape index (κ2) is 6.95. The molecule has 0 spiro atoms. The first kappa shape index (κ1) is 17.0. The monoisotopic (exact) mass is 347 g/mol. The Morgan fingerprint density at radius 3 is 2.75 bits per heavy atom. The highest BCUT2D eigenvalue weighted by Gasteiger charge is 2.27. The molecule has 1 aliphatic heterocycles. The van der Waals surface area contributed by atoms with Crippen molar-refractivity contribution in [1.82, 2.24) is 9.88 Å². The fraction of sp³-hybridized carbons (Fsp3) is 0.444. The number of hydrogen-bond acceptors (Lipinski definition) is 4. The van der Waals surface area contributed by atoms with Crippen LogP contribution in [0, 0.1) is 0 Å². The van der Waals surface area contributed by atoms with Gasteiger partial charge in [-0.05, 0) is 43.8 Å². The van der Waals surface area contributed by atoms with Crippen molar-refractivity contribution in [2.24, 2.45) is 0 Å². The van der Waals surface area contributed by atoms with E-state index >= 15 is 0 Å².